The maximum absolute atomic E-state index is 5.47. The second kappa shape index (κ2) is 6.28. The molecular weight excluding hydrogens is 288 g/mol. The third kappa shape index (κ3) is 2.99. The summed E-state index contributed by atoms with van der Waals surface area (Å²) in [7, 11) is 1.92. The molecule has 5 nitrogen and oxygen atoms in total. The van der Waals surface area contributed by atoms with E-state index in [0.29, 0.717) is 6.54 Å². The van der Waals surface area contributed by atoms with Crippen LogP contribution in [0.2, 0.25) is 0 Å². The standard InChI is InChI=1S/C18H22N4O/c1-5-14-8-6-7-12(2)18(14)19-10-15-9-17(21-23-15)16-11-20-22(4)13(16)3/h6-9,11,19H,5,10H2,1-4H3. The first kappa shape index (κ1) is 15.3. The van der Waals surface area contributed by atoms with Crippen molar-refractivity contribution in [2.75, 3.05) is 5.32 Å². The smallest absolute Gasteiger partial charge is 0.156 e. The van der Waals surface area contributed by atoms with E-state index in [-0.39, 0.29) is 0 Å². The van der Waals surface area contributed by atoms with Crippen LogP contribution in [0.15, 0.2) is 35.0 Å². The van der Waals surface area contributed by atoms with Crippen molar-refractivity contribution in [1.82, 2.24) is 14.9 Å². The lowest BCUT2D eigenvalue weighted by atomic mass is 10.1. The van der Waals surface area contributed by atoms with Gasteiger partial charge in [-0.3, -0.25) is 4.68 Å². The number of hydrogen-bond acceptors (Lipinski definition) is 4. The average molecular weight is 310 g/mol. The van der Waals surface area contributed by atoms with Crippen molar-refractivity contribution >= 4 is 5.69 Å². The number of rotatable bonds is 5. The molecule has 0 aliphatic carbocycles. The zero-order valence-corrected chi connectivity index (χ0v) is 14.1. The first-order valence-electron chi connectivity index (χ1n) is 7.87. The van der Waals surface area contributed by atoms with Crippen molar-refractivity contribution in [3.05, 3.63) is 53.0 Å². The van der Waals surface area contributed by atoms with Gasteiger partial charge in [-0.1, -0.05) is 30.3 Å². The molecule has 0 spiro atoms. The molecule has 0 aliphatic rings. The fourth-order valence-corrected chi connectivity index (χ4v) is 2.72. The van der Waals surface area contributed by atoms with Gasteiger partial charge >= 0.3 is 0 Å². The normalized spacial score (nSPS) is 11.0. The van der Waals surface area contributed by atoms with Crippen molar-refractivity contribution in [3.8, 4) is 11.3 Å². The average Bonchev–Trinajstić information content (AvgIpc) is 3.13. The Morgan fingerprint density at radius 1 is 1.26 bits per heavy atom. The molecule has 120 valence electrons. The molecular formula is C18H22N4O. The molecule has 23 heavy (non-hydrogen) atoms. The summed E-state index contributed by atoms with van der Waals surface area (Å²) in [6, 6.07) is 8.34. The van der Waals surface area contributed by atoms with E-state index in [0.717, 1.165) is 29.1 Å². The number of para-hydroxylation sites is 1. The lowest BCUT2D eigenvalue weighted by Crippen LogP contribution is -2.03. The second-order valence-electron chi connectivity index (χ2n) is 5.76. The van der Waals surface area contributed by atoms with Gasteiger partial charge in [0.25, 0.3) is 0 Å². The summed E-state index contributed by atoms with van der Waals surface area (Å²) in [5.74, 6) is 0.813. The summed E-state index contributed by atoms with van der Waals surface area (Å²) in [5.41, 5.74) is 6.65. The zero-order valence-electron chi connectivity index (χ0n) is 14.1. The third-order valence-corrected chi connectivity index (χ3v) is 4.25. The number of anilines is 1. The first-order valence-corrected chi connectivity index (χ1v) is 7.87. The quantitative estimate of drug-likeness (QED) is 0.777. The fourth-order valence-electron chi connectivity index (χ4n) is 2.72. The molecule has 0 amide bonds. The van der Waals surface area contributed by atoms with Gasteiger partial charge in [-0.25, -0.2) is 0 Å². The summed E-state index contributed by atoms with van der Waals surface area (Å²) >= 11 is 0. The van der Waals surface area contributed by atoms with Gasteiger partial charge in [-0.2, -0.15) is 5.10 Å². The number of nitrogens with one attached hydrogen (secondary N) is 1. The highest BCUT2D eigenvalue weighted by molar-refractivity contribution is 5.61. The Kier molecular flexibility index (Phi) is 4.19. The van der Waals surface area contributed by atoms with E-state index in [2.05, 4.69) is 47.6 Å². The largest absolute Gasteiger partial charge is 0.377 e. The lowest BCUT2D eigenvalue weighted by Gasteiger charge is -2.12. The molecule has 0 bridgehead atoms. The van der Waals surface area contributed by atoms with E-state index in [4.69, 9.17) is 4.52 Å². The van der Waals surface area contributed by atoms with E-state index >= 15 is 0 Å². The number of benzene rings is 1. The Labute approximate surface area is 136 Å². The highest BCUT2D eigenvalue weighted by atomic mass is 16.5. The molecule has 3 rings (SSSR count). The maximum Gasteiger partial charge on any atom is 0.156 e. The van der Waals surface area contributed by atoms with Gasteiger partial charge in [-0.05, 0) is 31.4 Å². The van der Waals surface area contributed by atoms with E-state index in [1.54, 1.807) is 0 Å². The minimum absolute atomic E-state index is 0.615. The van der Waals surface area contributed by atoms with Gasteiger partial charge in [-0.15, -0.1) is 0 Å². The van der Waals surface area contributed by atoms with Crippen LogP contribution in [0.5, 0.6) is 0 Å². The summed E-state index contributed by atoms with van der Waals surface area (Å²) in [5, 5.41) is 11.9. The Hall–Kier alpha value is -2.56. The predicted molar refractivity (Wildman–Crippen MR) is 91.3 cm³/mol. The molecule has 3 aromatic rings. The zero-order chi connectivity index (χ0) is 16.4. The van der Waals surface area contributed by atoms with Crippen LogP contribution in [0.25, 0.3) is 11.3 Å². The molecule has 5 heteroatoms. The Morgan fingerprint density at radius 3 is 2.78 bits per heavy atom. The van der Waals surface area contributed by atoms with Gasteiger partial charge in [0.05, 0.1) is 12.7 Å². The summed E-state index contributed by atoms with van der Waals surface area (Å²) < 4.78 is 7.30. The van der Waals surface area contributed by atoms with Crippen LogP contribution in [-0.2, 0) is 20.0 Å². The van der Waals surface area contributed by atoms with Gasteiger partial charge in [0, 0.05) is 30.1 Å². The fraction of sp³-hybridized carbons (Fsp3) is 0.333. The predicted octanol–water partition coefficient (Wildman–Crippen LogP) is 3.87. The van der Waals surface area contributed by atoms with Crippen LogP contribution in [0.1, 0.15) is 29.5 Å². The molecule has 0 unspecified atom stereocenters. The molecule has 0 saturated carbocycles. The summed E-state index contributed by atoms with van der Waals surface area (Å²) in [6.07, 6.45) is 2.82. The van der Waals surface area contributed by atoms with Gasteiger partial charge < -0.3 is 9.84 Å². The third-order valence-electron chi connectivity index (χ3n) is 4.25. The van der Waals surface area contributed by atoms with Crippen LogP contribution >= 0.6 is 0 Å². The Morgan fingerprint density at radius 2 is 2.09 bits per heavy atom. The van der Waals surface area contributed by atoms with E-state index in [1.165, 1.54) is 16.8 Å². The first-order chi connectivity index (χ1) is 11.1. The van der Waals surface area contributed by atoms with Gasteiger partial charge in [0.15, 0.2) is 5.76 Å². The van der Waals surface area contributed by atoms with Crippen molar-refractivity contribution in [2.45, 2.75) is 33.7 Å². The number of nitrogens with zero attached hydrogens (tertiary/aromatic N) is 3. The number of hydrogen-bond donors (Lipinski definition) is 1. The minimum Gasteiger partial charge on any atom is -0.377 e. The van der Waals surface area contributed by atoms with Crippen molar-refractivity contribution in [3.63, 3.8) is 0 Å². The molecule has 0 atom stereocenters. The monoisotopic (exact) mass is 310 g/mol. The molecule has 0 fully saturated rings. The summed E-state index contributed by atoms with van der Waals surface area (Å²) in [4.78, 5) is 0. The molecule has 0 saturated heterocycles. The molecule has 0 aliphatic heterocycles. The van der Waals surface area contributed by atoms with E-state index < -0.39 is 0 Å². The van der Waals surface area contributed by atoms with Crippen LogP contribution in [-0.4, -0.2) is 14.9 Å². The van der Waals surface area contributed by atoms with Crippen LogP contribution in [0.3, 0.4) is 0 Å². The number of aromatic nitrogens is 3. The van der Waals surface area contributed by atoms with Gasteiger partial charge in [0.1, 0.15) is 5.69 Å². The topological polar surface area (TPSA) is 55.9 Å². The lowest BCUT2D eigenvalue weighted by molar-refractivity contribution is 0.390. The highest BCUT2D eigenvalue weighted by Crippen LogP contribution is 2.24. The number of aryl methyl sites for hydroxylation is 3. The van der Waals surface area contributed by atoms with E-state index in [1.807, 2.05) is 30.9 Å². The van der Waals surface area contributed by atoms with Crippen molar-refractivity contribution < 1.29 is 4.52 Å². The van der Waals surface area contributed by atoms with Crippen molar-refractivity contribution in [1.29, 1.82) is 0 Å². The Balaban J connectivity index is 1.77. The molecule has 1 aromatic carbocycles. The molecule has 1 N–H and O–H groups in total. The molecule has 2 aromatic heterocycles. The highest BCUT2D eigenvalue weighted by Gasteiger charge is 2.12. The van der Waals surface area contributed by atoms with Crippen molar-refractivity contribution in [2.24, 2.45) is 7.05 Å². The molecule has 0 radical (unpaired) electrons. The van der Waals surface area contributed by atoms with Gasteiger partial charge in [0.2, 0.25) is 0 Å². The summed E-state index contributed by atoms with van der Waals surface area (Å²) in [6.45, 7) is 6.92. The maximum atomic E-state index is 5.47. The van der Waals surface area contributed by atoms with Crippen LogP contribution < -0.4 is 5.32 Å². The van der Waals surface area contributed by atoms with Crippen LogP contribution in [0, 0.1) is 13.8 Å². The second-order valence-corrected chi connectivity index (χ2v) is 5.76. The Bertz CT molecular complexity index is 816. The molecule has 2 heterocycles. The van der Waals surface area contributed by atoms with Crippen LogP contribution in [0.4, 0.5) is 5.69 Å². The SMILES string of the molecule is CCc1cccc(C)c1NCc1cc(-c2cnn(C)c2C)no1. The van der Waals surface area contributed by atoms with E-state index in [9.17, 15) is 0 Å². The minimum atomic E-state index is 0.615.